The Morgan fingerprint density at radius 3 is 2.50 bits per heavy atom. The van der Waals surface area contributed by atoms with E-state index in [0.29, 0.717) is 19.7 Å². The van der Waals surface area contributed by atoms with Gasteiger partial charge in [0.05, 0.1) is 23.7 Å². The van der Waals surface area contributed by atoms with Crippen LogP contribution in [0.3, 0.4) is 0 Å². The van der Waals surface area contributed by atoms with E-state index < -0.39 is 9.84 Å². The second kappa shape index (κ2) is 4.60. The molecular formula is C10H20N2O3S. The standard InChI is InChI=1S/C10H20N2O3S/c1-2-15-9-7-8(11)10(9)12-3-5-16(13,14)6-4-12/h8-10H,2-7,11H2,1H3. The third kappa shape index (κ3) is 2.40. The van der Waals surface area contributed by atoms with Crippen molar-refractivity contribution in [1.82, 2.24) is 4.90 Å². The van der Waals surface area contributed by atoms with E-state index in [0.717, 1.165) is 6.42 Å². The Bertz CT molecular complexity index is 328. The van der Waals surface area contributed by atoms with Crippen LogP contribution in [-0.4, -0.2) is 62.7 Å². The minimum absolute atomic E-state index is 0.136. The van der Waals surface area contributed by atoms with Gasteiger partial charge in [0.1, 0.15) is 0 Å². The largest absolute Gasteiger partial charge is 0.377 e. The number of sulfone groups is 1. The van der Waals surface area contributed by atoms with E-state index in [1.807, 2.05) is 6.92 Å². The zero-order valence-electron chi connectivity index (χ0n) is 9.63. The Kier molecular flexibility index (Phi) is 3.53. The van der Waals surface area contributed by atoms with E-state index in [2.05, 4.69) is 4.90 Å². The molecule has 0 spiro atoms. The molecule has 1 heterocycles. The third-order valence-electron chi connectivity index (χ3n) is 3.51. The maximum absolute atomic E-state index is 11.3. The fraction of sp³-hybridized carbons (Fsp3) is 1.00. The summed E-state index contributed by atoms with van der Waals surface area (Å²) in [5.74, 6) is 0.518. The lowest BCUT2D eigenvalue weighted by Gasteiger charge is -2.49. The van der Waals surface area contributed by atoms with Gasteiger partial charge in [0.2, 0.25) is 0 Å². The number of hydrogen-bond donors (Lipinski definition) is 1. The molecule has 2 rings (SSSR count). The molecule has 1 saturated carbocycles. The molecule has 0 aromatic heterocycles. The van der Waals surface area contributed by atoms with Crippen molar-refractivity contribution in [2.75, 3.05) is 31.2 Å². The van der Waals surface area contributed by atoms with Gasteiger partial charge in [-0.25, -0.2) is 8.42 Å². The topological polar surface area (TPSA) is 72.6 Å². The van der Waals surface area contributed by atoms with Crippen molar-refractivity contribution in [3.63, 3.8) is 0 Å². The molecule has 1 saturated heterocycles. The van der Waals surface area contributed by atoms with Gasteiger partial charge in [0, 0.05) is 25.7 Å². The van der Waals surface area contributed by atoms with Crippen molar-refractivity contribution in [2.24, 2.45) is 5.73 Å². The molecule has 94 valence electrons. The summed E-state index contributed by atoms with van der Waals surface area (Å²) in [6.07, 6.45) is 1.09. The fourth-order valence-electron chi connectivity index (χ4n) is 2.54. The van der Waals surface area contributed by atoms with Crippen molar-refractivity contribution in [3.05, 3.63) is 0 Å². The molecule has 16 heavy (non-hydrogen) atoms. The first-order valence-electron chi connectivity index (χ1n) is 5.85. The molecule has 0 aromatic carbocycles. The summed E-state index contributed by atoms with van der Waals surface area (Å²) >= 11 is 0. The van der Waals surface area contributed by atoms with E-state index >= 15 is 0 Å². The van der Waals surface area contributed by atoms with Crippen LogP contribution in [0, 0.1) is 0 Å². The van der Waals surface area contributed by atoms with Gasteiger partial charge < -0.3 is 10.5 Å². The normalized spacial score (nSPS) is 39.2. The summed E-state index contributed by atoms with van der Waals surface area (Å²) in [5, 5.41) is 0. The highest BCUT2D eigenvalue weighted by Gasteiger charge is 2.44. The third-order valence-corrected chi connectivity index (χ3v) is 5.11. The van der Waals surface area contributed by atoms with Crippen molar-refractivity contribution in [3.8, 4) is 0 Å². The van der Waals surface area contributed by atoms with Gasteiger partial charge in [0.15, 0.2) is 9.84 Å². The van der Waals surface area contributed by atoms with Crippen LogP contribution in [0.4, 0.5) is 0 Å². The number of rotatable bonds is 3. The van der Waals surface area contributed by atoms with Crippen LogP contribution in [0.25, 0.3) is 0 Å². The maximum atomic E-state index is 11.3. The van der Waals surface area contributed by atoms with Gasteiger partial charge in [-0.3, -0.25) is 4.90 Å². The molecule has 2 N–H and O–H groups in total. The highest BCUT2D eigenvalue weighted by atomic mass is 32.2. The predicted octanol–water partition coefficient (Wildman–Crippen LogP) is -0.778. The molecular weight excluding hydrogens is 228 g/mol. The summed E-state index contributed by atoms with van der Waals surface area (Å²) in [7, 11) is -2.80. The van der Waals surface area contributed by atoms with Gasteiger partial charge in [-0.2, -0.15) is 0 Å². The highest BCUT2D eigenvalue weighted by molar-refractivity contribution is 7.91. The zero-order valence-corrected chi connectivity index (χ0v) is 10.4. The fourth-order valence-corrected chi connectivity index (χ4v) is 3.77. The summed E-state index contributed by atoms with van der Waals surface area (Å²) in [6, 6.07) is 0.354. The Balaban J connectivity index is 1.92. The zero-order chi connectivity index (χ0) is 11.8. The molecule has 1 aliphatic carbocycles. The minimum atomic E-state index is -2.80. The molecule has 2 fully saturated rings. The first kappa shape index (κ1) is 12.3. The number of nitrogens with zero attached hydrogens (tertiary/aromatic N) is 1. The average Bonchev–Trinajstić information content (AvgIpc) is 2.21. The van der Waals surface area contributed by atoms with E-state index in [1.165, 1.54) is 0 Å². The summed E-state index contributed by atoms with van der Waals surface area (Å²) < 4.78 is 28.2. The van der Waals surface area contributed by atoms with Crippen LogP contribution >= 0.6 is 0 Å². The molecule has 2 aliphatic rings. The molecule has 3 unspecified atom stereocenters. The van der Waals surface area contributed by atoms with Gasteiger partial charge in [-0.15, -0.1) is 0 Å². The number of nitrogens with two attached hydrogens (primary N) is 1. The molecule has 0 amide bonds. The lowest BCUT2D eigenvalue weighted by molar-refractivity contribution is -0.0774. The Morgan fingerprint density at radius 2 is 2.00 bits per heavy atom. The van der Waals surface area contributed by atoms with Gasteiger partial charge in [-0.1, -0.05) is 0 Å². The molecule has 0 radical (unpaired) electrons. The lowest BCUT2D eigenvalue weighted by Crippen LogP contribution is -2.66. The second-order valence-electron chi connectivity index (χ2n) is 4.57. The first-order valence-corrected chi connectivity index (χ1v) is 7.67. The van der Waals surface area contributed by atoms with E-state index in [4.69, 9.17) is 10.5 Å². The summed E-state index contributed by atoms with van der Waals surface area (Å²) in [6.45, 7) is 3.87. The van der Waals surface area contributed by atoms with Crippen molar-refractivity contribution >= 4 is 9.84 Å². The SMILES string of the molecule is CCOC1CC(N)C1N1CCS(=O)(=O)CC1. The van der Waals surface area contributed by atoms with Gasteiger partial charge in [0.25, 0.3) is 0 Å². The molecule has 0 aromatic rings. The van der Waals surface area contributed by atoms with Crippen LogP contribution < -0.4 is 5.73 Å². The van der Waals surface area contributed by atoms with Crippen molar-refractivity contribution in [1.29, 1.82) is 0 Å². The van der Waals surface area contributed by atoms with E-state index in [1.54, 1.807) is 0 Å². The predicted molar refractivity (Wildman–Crippen MR) is 62.0 cm³/mol. The molecule has 1 aliphatic heterocycles. The number of hydrogen-bond acceptors (Lipinski definition) is 5. The van der Waals surface area contributed by atoms with Gasteiger partial charge >= 0.3 is 0 Å². The summed E-state index contributed by atoms with van der Waals surface area (Å²) in [4.78, 5) is 2.18. The number of ether oxygens (including phenoxy) is 1. The monoisotopic (exact) mass is 248 g/mol. The summed E-state index contributed by atoms with van der Waals surface area (Å²) in [5.41, 5.74) is 5.97. The smallest absolute Gasteiger partial charge is 0.152 e. The first-order chi connectivity index (χ1) is 7.53. The van der Waals surface area contributed by atoms with Crippen LogP contribution in [-0.2, 0) is 14.6 Å². The van der Waals surface area contributed by atoms with E-state index in [9.17, 15) is 8.42 Å². The second-order valence-corrected chi connectivity index (χ2v) is 6.88. The Labute approximate surface area is 96.9 Å². The van der Waals surface area contributed by atoms with Crippen molar-refractivity contribution < 1.29 is 13.2 Å². The minimum Gasteiger partial charge on any atom is -0.377 e. The van der Waals surface area contributed by atoms with Crippen LogP contribution in [0.15, 0.2) is 0 Å². The quantitative estimate of drug-likeness (QED) is 0.709. The Hall–Kier alpha value is -0.170. The molecule has 3 atom stereocenters. The van der Waals surface area contributed by atoms with Crippen LogP contribution in [0.2, 0.25) is 0 Å². The molecule has 5 nitrogen and oxygen atoms in total. The van der Waals surface area contributed by atoms with Crippen molar-refractivity contribution in [2.45, 2.75) is 31.5 Å². The van der Waals surface area contributed by atoms with Crippen LogP contribution in [0.1, 0.15) is 13.3 Å². The van der Waals surface area contributed by atoms with Gasteiger partial charge in [-0.05, 0) is 13.3 Å². The average molecular weight is 248 g/mol. The Morgan fingerprint density at radius 1 is 1.38 bits per heavy atom. The van der Waals surface area contributed by atoms with E-state index in [-0.39, 0.29) is 29.7 Å². The highest BCUT2D eigenvalue weighted by Crippen LogP contribution is 2.28. The molecule has 0 bridgehead atoms. The lowest BCUT2D eigenvalue weighted by atomic mass is 9.82. The van der Waals surface area contributed by atoms with Crippen LogP contribution in [0.5, 0.6) is 0 Å². The molecule has 6 heteroatoms. The maximum Gasteiger partial charge on any atom is 0.152 e.